The molecule has 3 atom stereocenters. The molecule has 0 aliphatic carbocycles. The number of nitrogens with two attached hydrogens (primary N) is 1. The van der Waals surface area contributed by atoms with E-state index in [2.05, 4.69) is 0 Å². The predicted octanol–water partition coefficient (Wildman–Crippen LogP) is 0.298. The van der Waals surface area contributed by atoms with Gasteiger partial charge in [0.25, 0.3) is 0 Å². The van der Waals surface area contributed by atoms with Gasteiger partial charge in [0.05, 0.1) is 7.11 Å². The van der Waals surface area contributed by atoms with E-state index in [9.17, 15) is 14.4 Å². The Hall–Kier alpha value is -1.59. The molecule has 1 aliphatic rings. The summed E-state index contributed by atoms with van der Waals surface area (Å²) >= 11 is 0. The molecule has 0 aromatic rings. The Balaban J connectivity index is 2.97. The van der Waals surface area contributed by atoms with Crippen LogP contribution in [0.4, 0.5) is 0 Å². The molecule has 6 nitrogen and oxygen atoms in total. The van der Waals surface area contributed by atoms with Crippen molar-refractivity contribution in [3.05, 3.63) is 0 Å². The van der Waals surface area contributed by atoms with Gasteiger partial charge in [-0.15, -0.1) is 0 Å². The van der Waals surface area contributed by atoms with Crippen LogP contribution in [0.1, 0.15) is 33.1 Å². The average Bonchev–Trinajstić information content (AvgIpc) is 2.67. The van der Waals surface area contributed by atoms with E-state index in [1.807, 2.05) is 6.92 Å². The zero-order chi connectivity index (χ0) is 14.6. The number of nitrogens with zero attached hydrogens (tertiary/aromatic N) is 1. The second kappa shape index (κ2) is 6.54. The summed E-state index contributed by atoms with van der Waals surface area (Å²) in [5.74, 6) is -2.28. The minimum atomic E-state index is -0.793. The van der Waals surface area contributed by atoms with Crippen molar-refractivity contribution in [2.24, 2.45) is 17.6 Å². The van der Waals surface area contributed by atoms with Gasteiger partial charge in [-0.05, 0) is 18.8 Å². The van der Waals surface area contributed by atoms with Crippen LogP contribution in [-0.4, -0.2) is 42.4 Å². The Bertz CT molecular complexity index is 370. The van der Waals surface area contributed by atoms with Crippen LogP contribution < -0.4 is 5.73 Å². The largest absolute Gasteiger partial charge is 0.468 e. The maximum atomic E-state index is 12.3. The van der Waals surface area contributed by atoms with Crippen LogP contribution in [0.5, 0.6) is 0 Å². The minimum absolute atomic E-state index is 0.0988. The lowest BCUT2D eigenvalue weighted by atomic mass is 9.91. The number of hydrogen-bond acceptors (Lipinski definition) is 4. The number of carbonyl (C=O) groups is 3. The van der Waals surface area contributed by atoms with Crippen LogP contribution in [0.2, 0.25) is 0 Å². The molecule has 0 bridgehead atoms. The Morgan fingerprint density at radius 1 is 1.47 bits per heavy atom. The normalized spacial score (nSPS) is 24.4. The van der Waals surface area contributed by atoms with Crippen molar-refractivity contribution in [1.29, 1.82) is 0 Å². The van der Waals surface area contributed by atoms with Crippen molar-refractivity contribution >= 4 is 17.8 Å². The number of carbonyl (C=O) groups excluding carboxylic acids is 3. The summed E-state index contributed by atoms with van der Waals surface area (Å²) < 4.78 is 4.70. The molecule has 0 aromatic carbocycles. The van der Waals surface area contributed by atoms with Crippen molar-refractivity contribution in [3.63, 3.8) is 0 Å². The first-order valence-corrected chi connectivity index (χ1v) is 6.65. The first-order valence-electron chi connectivity index (χ1n) is 6.65. The monoisotopic (exact) mass is 270 g/mol. The number of methoxy groups -OCH3 is 1. The number of hydrogen-bond donors (Lipinski definition) is 1. The molecule has 1 unspecified atom stereocenters. The fourth-order valence-corrected chi connectivity index (χ4v) is 2.73. The lowest BCUT2D eigenvalue weighted by molar-refractivity contribution is -0.153. The highest BCUT2D eigenvalue weighted by Crippen LogP contribution is 2.31. The van der Waals surface area contributed by atoms with E-state index in [-0.39, 0.29) is 11.8 Å². The molecule has 19 heavy (non-hydrogen) atoms. The van der Waals surface area contributed by atoms with Gasteiger partial charge in [0.1, 0.15) is 12.0 Å². The Morgan fingerprint density at radius 3 is 2.53 bits per heavy atom. The van der Waals surface area contributed by atoms with Crippen molar-refractivity contribution in [2.45, 2.75) is 39.2 Å². The summed E-state index contributed by atoms with van der Waals surface area (Å²) in [6.07, 6.45) is 2.07. The predicted molar refractivity (Wildman–Crippen MR) is 68.9 cm³/mol. The van der Waals surface area contributed by atoms with Gasteiger partial charge < -0.3 is 15.4 Å². The molecule has 0 radical (unpaired) electrons. The maximum absolute atomic E-state index is 12.3. The number of amides is 2. The van der Waals surface area contributed by atoms with E-state index in [0.717, 1.165) is 12.8 Å². The number of esters is 1. The minimum Gasteiger partial charge on any atom is -0.468 e. The third-order valence-corrected chi connectivity index (χ3v) is 3.66. The number of rotatable bonds is 6. The van der Waals surface area contributed by atoms with E-state index in [0.29, 0.717) is 13.0 Å². The average molecular weight is 270 g/mol. The molecule has 2 N–H and O–H groups in total. The maximum Gasteiger partial charge on any atom is 0.318 e. The molecule has 108 valence electrons. The molecule has 1 fully saturated rings. The third-order valence-electron chi connectivity index (χ3n) is 3.66. The molecule has 1 saturated heterocycles. The second-order valence-electron chi connectivity index (χ2n) is 4.87. The molecule has 0 saturated carbocycles. The van der Waals surface area contributed by atoms with Gasteiger partial charge in [-0.2, -0.15) is 0 Å². The number of ether oxygens (including phenoxy) is 1. The Labute approximate surface area is 113 Å². The molecule has 0 spiro atoms. The Kier molecular flexibility index (Phi) is 5.32. The highest BCUT2D eigenvalue weighted by molar-refractivity contribution is 6.01. The van der Waals surface area contributed by atoms with E-state index in [4.69, 9.17) is 10.5 Å². The molecular weight excluding hydrogens is 248 g/mol. The zero-order valence-electron chi connectivity index (χ0n) is 11.7. The third kappa shape index (κ3) is 3.05. The highest BCUT2D eigenvalue weighted by atomic mass is 16.5. The van der Waals surface area contributed by atoms with Gasteiger partial charge in [-0.3, -0.25) is 14.4 Å². The quantitative estimate of drug-likeness (QED) is 0.555. The number of primary amides is 1. The standard InChI is InChI=1S/C13H22N2O4/c1-4-6-8-7-15(9(5-2)11(14)16)12(17)10(8)13(18)19-3/h8-10H,4-7H2,1-3H3,(H2,14,16)/t8?,9-,10+/m0/s1. The molecule has 2 amide bonds. The van der Waals surface area contributed by atoms with Crippen LogP contribution in [0.3, 0.4) is 0 Å². The van der Waals surface area contributed by atoms with E-state index >= 15 is 0 Å². The van der Waals surface area contributed by atoms with Gasteiger partial charge in [-0.1, -0.05) is 20.3 Å². The molecule has 1 heterocycles. The van der Waals surface area contributed by atoms with E-state index in [1.54, 1.807) is 6.92 Å². The molecule has 1 rings (SSSR count). The van der Waals surface area contributed by atoms with Gasteiger partial charge in [0, 0.05) is 6.54 Å². The van der Waals surface area contributed by atoms with Crippen LogP contribution >= 0.6 is 0 Å². The highest BCUT2D eigenvalue weighted by Gasteiger charge is 2.47. The van der Waals surface area contributed by atoms with Gasteiger partial charge in [-0.25, -0.2) is 0 Å². The lowest BCUT2D eigenvalue weighted by Gasteiger charge is -2.24. The van der Waals surface area contributed by atoms with Crippen molar-refractivity contribution < 1.29 is 19.1 Å². The number of likely N-dealkylation sites (tertiary alicyclic amines) is 1. The summed E-state index contributed by atoms with van der Waals surface area (Å²) in [5.41, 5.74) is 5.31. The van der Waals surface area contributed by atoms with Crippen molar-refractivity contribution in [1.82, 2.24) is 4.90 Å². The second-order valence-corrected chi connectivity index (χ2v) is 4.87. The molecule has 1 aliphatic heterocycles. The summed E-state index contributed by atoms with van der Waals surface area (Å²) in [6, 6.07) is -0.637. The summed E-state index contributed by atoms with van der Waals surface area (Å²) in [5, 5.41) is 0. The molecule has 0 aromatic heterocycles. The fraction of sp³-hybridized carbons (Fsp3) is 0.769. The molecular formula is C13H22N2O4. The topological polar surface area (TPSA) is 89.7 Å². The first-order chi connectivity index (χ1) is 8.97. The summed E-state index contributed by atoms with van der Waals surface area (Å²) in [7, 11) is 1.27. The summed E-state index contributed by atoms with van der Waals surface area (Å²) in [4.78, 5) is 36.9. The molecule has 6 heteroatoms. The van der Waals surface area contributed by atoms with Crippen molar-refractivity contribution in [3.8, 4) is 0 Å². The van der Waals surface area contributed by atoms with Gasteiger partial charge in [0.2, 0.25) is 11.8 Å². The van der Waals surface area contributed by atoms with Crippen LogP contribution in [-0.2, 0) is 19.1 Å². The Morgan fingerprint density at radius 2 is 2.11 bits per heavy atom. The van der Waals surface area contributed by atoms with Crippen LogP contribution in [0.25, 0.3) is 0 Å². The van der Waals surface area contributed by atoms with Gasteiger partial charge >= 0.3 is 5.97 Å². The van der Waals surface area contributed by atoms with Crippen LogP contribution in [0, 0.1) is 11.8 Å². The van der Waals surface area contributed by atoms with E-state index in [1.165, 1.54) is 12.0 Å². The van der Waals surface area contributed by atoms with Gasteiger partial charge in [0.15, 0.2) is 0 Å². The van der Waals surface area contributed by atoms with E-state index < -0.39 is 23.8 Å². The van der Waals surface area contributed by atoms with Crippen molar-refractivity contribution in [2.75, 3.05) is 13.7 Å². The fourth-order valence-electron chi connectivity index (χ4n) is 2.73. The SMILES string of the molecule is CCCC1CN([C@@H](CC)C(N)=O)C(=O)[C@@H]1C(=O)OC. The van der Waals surface area contributed by atoms with Crippen LogP contribution in [0.15, 0.2) is 0 Å². The summed E-state index contributed by atoms with van der Waals surface area (Å²) in [6.45, 7) is 4.18. The zero-order valence-corrected chi connectivity index (χ0v) is 11.7. The smallest absolute Gasteiger partial charge is 0.318 e. The lowest BCUT2D eigenvalue weighted by Crippen LogP contribution is -2.46. The first kappa shape index (κ1) is 15.5.